The Labute approximate surface area is 173 Å². The van der Waals surface area contributed by atoms with Crippen molar-refractivity contribution in [2.45, 2.75) is 5.75 Å². The Kier molecular flexibility index (Phi) is 6.27. The topological polar surface area (TPSA) is 138 Å². The van der Waals surface area contributed by atoms with Gasteiger partial charge in [-0.1, -0.05) is 12.1 Å². The minimum absolute atomic E-state index is 0.0972. The lowest BCUT2D eigenvalue weighted by Gasteiger charge is -2.35. The Morgan fingerprint density at radius 1 is 1.13 bits per heavy atom. The maximum atomic E-state index is 12.5. The predicted octanol–water partition coefficient (Wildman–Crippen LogP) is 1.13. The van der Waals surface area contributed by atoms with Crippen molar-refractivity contribution in [3.05, 3.63) is 63.8 Å². The fourth-order valence-corrected chi connectivity index (χ4v) is 4.48. The van der Waals surface area contributed by atoms with Crippen LogP contribution in [-0.2, 0) is 20.4 Å². The van der Waals surface area contributed by atoms with E-state index in [0.717, 1.165) is 0 Å². The number of amides is 1. The van der Waals surface area contributed by atoms with Gasteiger partial charge in [0, 0.05) is 32.2 Å². The number of rotatable bonds is 6. The molecule has 1 aliphatic heterocycles. The number of nitrogens with zero attached hydrogens (tertiary/aromatic N) is 5. The van der Waals surface area contributed by atoms with Crippen LogP contribution in [0.2, 0.25) is 0 Å². The molecule has 1 saturated heterocycles. The normalized spacial score (nSPS) is 14.2. The number of hydrogen-bond acceptors (Lipinski definition) is 8. The molecule has 1 aromatic heterocycles. The molecule has 1 aromatic carbocycles. The lowest BCUT2D eigenvalue weighted by Crippen LogP contribution is -2.50. The fourth-order valence-electron chi connectivity index (χ4n) is 3.12. The van der Waals surface area contributed by atoms with E-state index in [1.165, 1.54) is 29.3 Å². The highest BCUT2D eigenvalue weighted by Gasteiger charge is 2.26. The minimum Gasteiger partial charge on any atom is -0.353 e. The molecule has 0 N–H and O–H groups in total. The largest absolute Gasteiger partial charge is 0.353 e. The first kappa shape index (κ1) is 21.2. The minimum atomic E-state index is -3.65. The first-order chi connectivity index (χ1) is 14.3. The lowest BCUT2D eigenvalue weighted by atomic mass is 10.2. The second-order valence-electron chi connectivity index (χ2n) is 6.84. The Bertz CT molecular complexity index is 1070. The smallest absolute Gasteiger partial charge is 0.287 e. The maximum absolute atomic E-state index is 12.5. The van der Waals surface area contributed by atoms with Crippen LogP contribution in [0.15, 0.2) is 42.6 Å². The number of anilines is 1. The van der Waals surface area contributed by atoms with Crippen molar-refractivity contribution in [2.75, 3.05) is 36.8 Å². The van der Waals surface area contributed by atoms with Crippen LogP contribution < -0.4 is 4.90 Å². The monoisotopic (exact) mass is 429 g/mol. The molecule has 30 heavy (non-hydrogen) atoms. The average Bonchev–Trinajstić information content (AvgIpc) is 2.74. The van der Waals surface area contributed by atoms with Crippen molar-refractivity contribution in [1.29, 1.82) is 5.26 Å². The SMILES string of the molecule is N#Cc1ccc(CS(=O)(=O)CC(=O)N2CCN(c3ccc([N+](=O)[O-])cn3)CC2)cc1. The standard InChI is InChI=1S/C19H19N5O5S/c20-11-15-1-3-16(4-2-15)13-30(28,29)14-19(25)23-9-7-22(8-10-23)18-6-5-17(12-21-18)24(26)27/h1-6,12H,7-10,13-14H2. The summed E-state index contributed by atoms with van der Waals surface area (Å²) in [5.74, 6) is -0.735. The molecular formula is C19H19N5O5S. The number of sulfone groups is 1. The molecule has 3 rings (SSSR count). The second-order valence-corrected chi connectivity index (χ2v) is 8.91. The summed E-state index contributed by atoms with van der Waals surface area (Å²) < 4.78 is 24.8. The second kappa shape index (κ2) is 8.87. The molecule has 0 aliphatic carbocycles. The third-order valence-electron chi connectivity index (χ3n) is 4.71. The molecule has 10 nitrogen and oxygen atoms in total. The lowest BCUT2D eigenvalue weighted by molar-refractivity contribution is -0.385. The number of aromatic nitrogens is 1. The summed E-state index contributed by atoms with van der Waals surface area (Å²) in [6.07, 6.45) is 1.18. The summed E-state index contributed by atoms with van der Waals surface area (Å²) in [5, 5.41) is 19.5. The molecule has 0 radical (unpaired) electrons. The van der Waals surface area contributed by atoms with Gasteiger partial charge in [-0.2, -0.15) is 5.26 Å². The van der Waals surface area contributed by atoms with Crippen LogP contribution in [0.4, 0.5) is 11.5 Å². The van der Waals surface area contributed by atoms with E-state index in [-0.39, 0.29) is 11.4 Å². The first-order valence-corrected chi connectivity index (χ1v) is 10.9. The number of piperazine rings is 1. The quantitative estimate of drug-likeness (QED) is 0.492. The van der Waals surface area contributed by atoms with Gasteiger partial charge in [0.05, 0.1) is 22.3 Å². The third kappa shape index (κ3) is 5.30. The van der Waals surface area contributed by atoms with Gasteiger partial charge in [0.25, 0.3) is 5.69 Å². The molecule has 0 atom stereocenters. The Hall–Kier alpha value is -3.52. The van der Waals surface area contributed by atoms with Crippen LogP contribution in [0, 0.1) is 21.4 Å². The molecule has 156 valence electrons. The fraction of sp³-hybridized carbons (Fsp3) is 0.316. The van der Waals surface area contributed by atoms with Gasteiger partial charge in [-0.05, 0) is 23.8 Å². The number of benzene rings is 1. The Balaban J connectivity index is 1.54. The Morgan fingerprint density at radius 2 is 1.80 bits per heavy atom. The van der Waals surface area contributed by atoms with E-state index in [1.54, 1.807) is 18.2 Å². The summed E-state index contributed by atoms with van der Waals surface area (Å²) in [5.41, 5.74) is 0.864. The number of carbonyl (C=O) groups excluding carboxylic acids is 1. The van der Waals surface area contributed by atoms with E-state index >= 15 is 0 Å². The van der Waals surface area contributed by atoms with Gasteiger partial charge in [0.15, 0.2) is 9.84 Å². The van der Waals surface area contributed by atoms with E-state index in [2.05, 4.69) is 4.98 Å². The van der Waals surface area contributed by atoms with Gasteiger partial charge in [-0.25, -0.2) is 13.4 Å². The summed E-state index contributed by atoms with van der Waals surface area (Å²) in [6.45, 7) is 1.58. The molecule has 2 aromatic rings. The van der Waals surface area contributed by atoms with Crippen molar-refractivity contribution in [3.63, 3.8) is 0 Å². The van der Waals surface area contributed by atoms with Crippen LogP contribution in [0.3, 0.4) is 0 Å². The van der Waals surface area contributed by atoms with E-state index in [9.17, 15) is 23.3 Å². The van der Waals surface area contributed by atoms with Gasteiger partial charge in [0.2, 0.25) is 5.91 Å². The molecule has 11 heteroatoms. The average molecular weight is 429 g/mol. The van der Waals surface area contributed by atoms with Gasteiger partial charge >= 0.3 is 0 Å². The molecule has 0 unspecified atom stereocenters. The molecule has 1 aliphatic rings. The van der Waals surface area contributed by atoms with Crippen molar-refractivity contribution in [2.24, 2.45) is 0 Å². The van der Waals surface area contributed by atoms with Crippen LogP contribution in [-0.4, -0.2) is 61.1 Å². The molecule has 0 bridgehead atoms. The number of nitriles is 1. The molecule has 2 heterocycles. The van der Waals surface area contributed by atoms with Crippen LogP contribution in [0.5, 0.6) is 0 Å². The summed E-state index contributed by atoms with van der Waals surface area (Å²) in [4.78, 5) is 30.1. The molecular weight excluding hydrogens is 410 g/mol. The summed E-state index contributed by atoms with van der Waals surface area (Å²) >= 11 is 0. The van der Waals surface area contributed by atoms with E-state index in [0.29, 0.717) is 43.1 Å². The van der Waals surface area contributed by atoms with Crippen molar-refractivity contribution in [3.8, 4) is 6.07 Å². The molecule has 0 saturated carbocycles. The summed E-state index contributed by atoms with van der Waals surface area (Å²) in [6, 6.07) is 11.1. The van der Waals surface area contributed by atoms with Gasteiger partial charge in [0.1, 0.15) is 17.8 Å². The number of nitro groups is 1. The van der Waals surface area contributed by atoms with Crippen molar-refractivity contribution < 1.29 is 18.1 Å². The first-order valence-electron chi connectivity index (χ1n) is 9.10. The molecule has 1 amide bonds. The van der Waals surface area contributed by atoms with Crippen molar-refractivity contribution >= 4 is 27.2 Å². The third-order valence-corrected chi connectivity index (χ3v) is 6.17. The zero-order chi connectivity index (χ0) is 21.7. The highest BCUT2D eigenvalue weighted by Crippen LogP contribution is 2.18. The van der Waals surface area contributed by atoms with E-state index in [4.69, 9.17) is 5.26 Å². The molecule has 1 fully saturated rings. The zero-order valence-corrected chi connectivity index (χ0v) is 16.8. The van der Waals surface area contributed by atoms with Gasteiger partial charge in [-0.15, -0.1) is 0 Å². The number of pyridine rings is 1. The zero-order valence-electron chi connectivity index (χ0n) is 16.0. The Morgan fingerprint density at radius 3 is 2.33 bits per heavy atom. The highest BCUT2D eigenvalue weighted by molar-refractivity contribution is 7.91. The van der Waals surface area contributed by atoms with E-state index < -0.39 is 26.4 Å². The van der Waals surface area contributed by atoms with Crippen LogP contribution in [0.1, 0.15) is 11.1 Å². The van der Waals surface area contributed by atoms with Crippen LogP contribution in [0.25, 0.3) is 0 Å². The number of carbonyl (C=O) groups is 1. The number of hydrogen-bond donors (Lipinski definition) is 0. The van der Waals surface area contributed by atoms with Gasteiger partial charge in [-0.3, -0.25) is 14.9 Å². The van der Waals surface area contributed by atoms with Gasteiger partial charge < -0.3 is 9.80 Å². The maximum Gasteiger partial charge on any atom is 0.287 e. The summed E-state index contributed by atoms with van der Waals surface area (Å²) in [7, 11) is -3.65. The van der Waals surface area contributed by atoms with Crippen LogP contribution >= 0.6 is 0 Å². The van der Waals surface area contributed by atoms with Crippen molar-refractivity contribution in [1.82, 2.24) is 9.88 Å². The molecule has 0 spiro atoms. The highest BCUT2D eigenvalue weighted by atomic mass is 32.2. The predicted molar refractivity (Wildman–Crippen MR) is 108 cm³/mol. The van der Waals surface area contributed by atoms with E-state index in [1.807, 2.05) is 11.0 Å².